The van der Waals surface area contributed by atoms with Gasteiger partial charge in [0, 0.05) is 11.6 Å². The van der Waals surface area contributed by atoms with E-state index in [1.54, 1.807) is 0 Å². The van der Waals surface area contributed by atoms with E-state index in [-0.39, 0.29) is 6.04 Å². The van der Waals surface area contributed by atoms with Crippen molar-refractivity contribution in [1.82, 2.24) is 0 Å². The lowest BCUT2D eigenvalue weighted by Crippen LogP contribution is -2.14. The molecule has 0 radical (unpaired) electrons. The summed E-state index contributed by atoms with van der Waals surface area (Å²) in [6.45, 7) is 6.95. The Morgan fingerprint density at radius 1 is 1.35 bits per heavy atom. The largest absolute Gasteiger partial charge is 0.493 e. The average molecular weight is 233 g/mol. The van der Waals surface area contributed by atoms with Gasteiger partial charge < -0.3 is 10.5 Å². The molecule has 0 aliphatic heterocycles. The fourth-order valence-corrected chi connectivity index (χ4v) is 2.44. The number of ether oxygens (including phenoxy) is 1. The second-order valence-corrected chi connectivity index (χ2v) is 5.22. The van der Waals surface area contributed by atoms with Crippen molar-refractivity contribution < 1.29 is 4.74 Å². The van der Waals surface area contributed by atoms with Crippen molar-refractivity contribution >= 4 is 0 Å². The van der Waals surface area contributed by atoms with Crippen LogP contribution in [0.1, 0.15) is 48.9 Å². The van der Waals surface area contributed by atoms with E-state index in [9.17, 15) is 0 Å². The molecule has 2 N–H and O–H groups in total. The van der Waals surface area contributed by atoms with Gasteiger partial charge in [-0.2, -0.15) is 0 Å². The predicted molar refractivity (Wildman–Crippen MR) is 71.4 cm³/mol. The molecule has 0 bridgehead atoms. The van der Waals surface area contributed by atoms with Crippen molar-refractivity contribution in [1.29, 1.82) is 0 Å². The van der Waals surface area contributed by atoms with Crippen molar-refractivity contribution in [2.75, 3.05) is 6.61 Å². The van der Waals surface area contributed by atoms with Crippen LogP contribution < -0.4 is 10.5 Å². The SMILES string of the molecule is CCOc1c(C)cc(C)cc1[C@H](N)CC1CC1. The lowest BCUT2D eigenvalue weighted by Gasteiger charge is -2.19. The number of rotatable bonds is 5. The Morgan fingerprint density at radius 2 is 2.06 bits per heavy atom. The quantitative estimate of drug-likeness (QED) is 0.844. The zero-order valence-electron chi connectivity index (χ0n) is 11.1. The van der Waals surface area contributed by atoms with Crippen LogP contribution in [0.25, 0.3) is 0 Å². The van der Waals surface area contributed by atoms with Crippen LogP contribution in [0.15, 0.2) is 12.1 Å². The Bertz CT molecular complexity index is 396. The summed E-state index contributed by atoms with van der Waals surface area (Å²) in [7, 11) is 0. The molecule has 1 aliphatic carbocycles. The molecule has 1 fully saturated rings. The van der Waals surface area contributed by atoms with Crippen LogP contribution in [0.4, 0.5) is 0 Å². The molecule has 0 heterocycles. The van der Waals surface area contributed by atoms with E-state index >= 15 is 0 Å². The number of nitrogens with two attached hydrogens (primary N) is 1. The Labute approximate surface area is 104 Å². The smallest absolute Gasteiger partial charge is 0.126 e. The van der Waals surface area contributed by atoms with E-state index in [1.165, 1.54) is 29.5 Å². The molecule has 1 aromatic carbocycles. The maximum absolute atomic E-state index is 6.32. The third kappa shape index (κ3) is 3.01. The summed E-state index contributed by atoms with van der Waals surface area (Å²) in [5.41, 5.74) is 9.99. The molecule has 0 amide bonds. The summed E-state index contributed by atoms with van der Waals surface area (Å²) in [4.78, 5) is 0. The first-order valence-corrected chi connectivity index (χ1v) is 6.61. The lowest BCUT2D eigenvalue weighted by molar-refractivity contribution is 0.330. The van der Waals surface area contributed by atoms with Crippen molar-refractivity contribution in [3.05, 3.63) is 28.8 Å². The minimum absolute atomic E-state index is 0.127. The monoisotopic (exact) mass is 233 g/mol. The topological polar surface area (TPSA) is 35.2 Å². The van der Waals surface area contributed by atoms with Gasteiger partial charge in [-0.15, -0.1) is 0 Å². The molecule has 1 saturated carbocycles. The van der Waals surface area contributed by atoms with E-state index in [2.05, 4.69) is 26.0 Å². The minimum atomic E-state index is 0.127. The molecule has 0 spiro atoms. The number of benzene rings is 1. The van der Waals surface area contributed by atoms with Crippen molar-refractivity contribution in [2.45, 2.75) is 46.1 Å². The van der Waals surface area contributed by atoms with Crippen molar-refractivity contribution in [3.63, 3.8) is 0 Å². The fourth-order valence-electron chi connectivity index (χ4n) is 2.44. The summed E-state index contributed by atoms with van der Waals surface area (Å²) in [6.07, 6.45) is 3.80. The third-order valence-corrected chi connectivity index (χ3v) is 3.42. The Morgan fingerprint density at radius 3 is 2.65 bits per heavy atom. The highest BCUT2D eigenvalue weighted by atomic mass is 16.5. The van der Waals surface area contributed by atoms with Crippen molar-refractivity contribution in [3.8, 4) is 5.75 Å². The fraction of sp³-hybridized carbons (Fsp3) is 0.600. The standard InChI is InChI=1S/C15H23NO/c1-4-17-15-11(3)7-10(2)8-13(15)14(16)9-12-5-6-12/h7-8,12,14H,4-6,9,16H2,1-3H3/t14-/m1/s1. The summed E-state index contributed by atoms with van der Waals surface area (Å²) in [6, 6.07) is 4.48. The molecule has 0 aromatic heterocycles. The first kappa shape index (κ1) is 12.4. The predicted octanol–water partition coefficient (Wildman–Crippen LogP) is 3.50. The first-order chi connectivity index (χ1) is 8.11. The maximum atomic E-state index is 6.32. The normalized spacial score (nSPS) is 16.9. The summed E-state index contributed by atoms with van der Waals surface area (Å²) in [5.74, 6) is 1.85. The highest BCUT2D eigenvalue weighted by Crippen LogP contribution is 2.39. The summed E-state index contributed by atoms with van der Waals surface area (Å²) in [5, 5.41) is 0. The molecule has 0 unspecified atom stereocenters. The molecule has 0 saturated heterocycles. The second-order valence-electron chi connectivity index (χ2n) is 5.22. The molecule has 2 nitrogen and oxygen atoms in total. The van der Waals surface area contributed by atoms with Crippen LogP contribution >= 0.6 is 0 Å². The van der Waals surface area contributed by atoms with Crippen LogP contribution in [-0.4, -0.2) is 6.61 Å². The van der Waals surface area contributed by atoms with Gasteiger partial charge in [0.05, 0.1) is 6.61 Å². The zero-order chi connectivity index (χ0) is 12.4. The third-order valence-electron chi connectivity index (χ3n) is 3.42. The van der Waals surface area contributed by atoms with E-state index in [1.807, 2.05) is 6.92 Å². The van der Waals surface area contributed by atoms with Crippen LogP contribution in [0.5, 0.6) is 5.75 Å². The van der Waals surface area contributed by atoms with Gasteiger partial charge in [0.25, 0.3) is 0 Å². The molecule has 94 valence electrons. The molecule has 1 aromatic rings. The Balaban J connectivity index is 2.27. The van der Waals surface area contributed by atoms with Gasteiger partial charge in [-0.1, -0.05) is 30.5 Å². The van der Waals surface area contributed by atoms with Gasteiger partial charge in [-0.3, -0.25) is 0 Å². The molecule has 2 heteroatoms. The van der Waals surface area contributed by atoms with Gasteiger partial charge in [0.2, 0.25) is 0 Å². The lowest BCUT2D eigenvalue weighted by atomic mass is 9.96. The highest BCUT2D eigenvalue weighted by molar-refractivity contribution is 5.45. The van der Waals surface area contributed by atoms with E-state index in [4.69, 9.17) is 10.5 Å². The number of hydrogen-bond acceptors (Lipinski definition) is 2. The van der Waals surface area contributed by atoms with E-state index in [0.717, 1.165) is 18.1 Å². The Kier molecular flexibility index (Phi) is 3.72. The molecule has 2 rings (SSSR count). The van der Waals surface area contributed by atoms with Gasteiger partial charge >= 0.3 is 0 Å². The summed E-state index contributed by atoms with van der Waals surface area (Å²) >= 11 is 0. The van der Waals surface area contributed by atoms with Gasteiger partial charge in [0.1, 0.15) is 5.75 Å². The van der Waals surface area contributed by atoms with Crippen LogP contribution in [0.3, 0.4) is 0 Å². The zero-order valence-corrected chi connectivity index (χ0v) is 11.1. The van der Waals surface area contributed by atoms with Gasteiger partial charge in [-0.25, -0.2) is 0 Å². The van der Waals surface area contributed by atoms with Gasteiger partial charge in [-0.05, 0) is 38.7 Å². The maximum Gasteiger partial charge on any atom is 0.126 e. The average Bonchev–Trinajstić information content (AvgIpc) is 3.05. The first-order valence-electron chi connectivity index (χ1n) is 6.61. The Hall–Kier alpha value is -1.02. The van der Waals surface area contributed by atoms with Crippen LogP contribution in [0, 0.1) is 19.8 Å². The van der Waals surface area contributed by atoms with E-state index < -0.39 is 0 Å². The molecule has 17 heavy (non-hydrogen) atoms. The highest BCUT2D eigenvalue weighted by Gasteiger charge is 2.26. The van der Waals surface area contributed by atoms with Crippen molar-refractivity contribution in [2.24, 2.45) is 11.7 Å². The van der Waals surface area contributed by atoms with E-state index in [0.29, 0.717) is 6.61 Å². The van der Waals surface area contributed by atoms with Gasteiger partial charge in [0.15, 0.2) is 0 Å². The second kappa shape index (κ2) is 5.09. The minimum Gasteiger partial charge on any atom is -0.493 e. The molecule has 1 aliphatic rings. The van der Waals surface area contributed by atoms with Crippen LogP contribution in [0.2, 0.25) is 0 Å². The summed E-state index contributed by atoms with van der Waals surface area (Å²) < 4.78 is 5.77. The van der Waals surface area contributed by atoms with Crippen LogP contribution in [-0.2, 0) is 0 Å². The molecule has 1 atom stereocenters. The molecular formula is C15H23NO. The molecular weight excluding hydrogens is 210 g/mol. The number of hydrogen-bond donors (Lipinski definition) is 1. The number of aryl methyl sites for hydroxylation is 2.